The second kappa shape index (κ2) is 11.2. The maximum absolute atomic E-state index is 15.9. The lowest BCUT2D eigenvalue weighted by molar-refractivity contribution is -0.126. The fraction of sp³-hybridized carbons (Fsp3) is 0.323. The van der Waals surface area contributed by atoms with E-state index in [0.29, 0.717) is 25.9 Å². The minimum atomic E-state index is -3.87. The molecule has 44 heavy (non-hydrogen) atoms. The molecule has 13 heteroatoms. The molecule has 1 aliphatic carbocycles. The van der Waals surface area contributed by atoms with Crippen molar-refractivity contribution < 1.29 is 22.0 Å². The zero-order valence-electron chi connectivity index (χ0n) is 24.2. The van der Waals surface area contributed by atoms with Crippen molar-refractivity contribution in [3.63, 3.8) is 0 Å². The number of aromatic nitrogens is 4. The van der Waals surface area contributed by atoms with E-state index < -0.39 is 32.4 Å². The van der Waals surface area contributed by atoms with Gasteiger partial charge >= 0.3 is 5.69 Å². The van der Waals surface area contributed by atoms with Crippen LogP contribution in [0.4, 0.5) is 14.6 Å². The maximum atomic E-state index is 15.9. The smallest absolute Gasteiger partial charge is 0.350 e. The molecule has 0 radical (unpaired) electrons. The van der Waals surface area contributed by atoms with E-state index in [4.69, 9.17) is 0 Å². The van der Waals surface area contributed by atoms with Gasteiger partial charge in [-0.3, -0.25) is 9.78 Å². The number of rotatable bonds is 6. The van der Waals surface area contributed by atoms with Gasteiger partial charge in [-0.25, -0.2) is 31.5 Å². The van der Waals surface area contributed by atoms with Gasteiger partial charge in [0, 0.05) is 37.4 Å². The summed E-state index contributed by atoms with van der Waals surface area (Å²) < 4.78 is 59.2. The molecular weight excluding hydrogens is 590 g/mol. The first-order chi connectivity index (χ1) is 21.0. The molecule has 10 nitrogen and oxygen atoms in total. The summed E-state index contributed by atoms with van der Waals surface area (Å²) in [6.45, 7) is 7.83. The summed E-state index contributed by atoms with van der Waals surface area (Å²) in [5.74, 6) is -1.69. The number of hydrogen-bond donors (Lipinski definition) is 0. The normalized spacial score (nSPS) is 17.5. The van der Waals surface area contributed by atoms with Crippen molar-refractivity contribution in [1.82, 2.24) is 24.4 Å². The third-order valence-electron chi connectivity index (χ3n) is 8.41. The average Bonchev–Trinajstić information content (AvgIpc) is 2.96. The Morgan fingerprint density at radius 2 is 1.84 bits per heavy atom. The molecule has 0 N–H and O–H groups in total. The Bertz CT molecular complexity index is 1990. The number of anilines is 1. The lowest BCUT2D eigenvalue weighted by atomic mass is 10.00. The number of aryl methyl sites for hydroxylation is 1. The van der Waals surface area contributed by atoms with Crippen LogP contribution < -0.4 is 10.6 Å². The van der Waals surface area contributed by atoms with Crippen LogP contribution >= 0.6 is 0 Å². The van der Waals surface area contributed by atoms with Gasteiger partial charge in [-0.15, -0.1) is 0 Å². The van der Waals surface area contributed by atoms with Gasteiger partial charge in [0.15, 0.2) is 15.5 Å². The van der Waals surface area contributed by atoms with E-state index in [1.165, 1.54) is 42.6 Å². The van der Waals surface area contributed by atoms with Crippen LogP contribution in [-0.4, -0.2) is 69.7 Å². The number of hydrogen-bond acceptors (Lipinski definition) is 8. The number of sulfone groups is 1. The first kappa shape index (κ1) is 29.5. The highest BCUT2D eigenvalue weighted by atomic mass is 32.2. The second-order valence-corrected chi connectivity index (χ2v) is 13.3. The number of benzene rings is 1. The summed E-state index contributed by atoms with van der Waals surface area (Å²) in [7, 11) is -3.87. The van der Waals surface area contributed by atoms with E-state index in [1.807, 2.05) is 6.92 Å². The van der Waals surface area contributed by atoms with E-state index in [2.05, 4.69) is 21.5 Å². The quantitative estimate of drug-likeness (QED) is 0.297. The number of nitrogens with zero attached hydrogens (tertiary/aromatic N) is 6. The maximum Gasteiger partial charge on any atom is 0.355 e. The van der Waals surface area contributed by atoms with Crippen LogP contribution in [0, 0.1) is 18.6 Å². The van der Waals surface area contributed by atoms with Crippen molar-refractivity contribution in [3.8, 4) is 16.9 Å². The lowest BCUT2D eigenvalue weighted by Gasteiger charge is -2.40. The Morgan fingerprint density at radius 3 is 2.50 bits per heavy atom. The molecule has 1 amide bonds. The van der Waals surface area contributed by atoms with Crippen molar-refractivity contribution in [3.05, 3.63) is 83.1 Å². The highest BCUT2D eigenvalue weighted by Gasteiger charge is 2.36. The molecule has 0 spiro atoms. The van der Waals surface area contributed by atoms with E-state index in [1.54, 1.807) is 16.7 Å². The molecule has 1 saturated heterocycles. The molecule has 6 rings (SSSR count). The van der Waals surface area contributed by atoms with E-state index in [0.717, 1.165) is 17.1 Å². The highest BCUT2D eigenvalue weighted by Crippen LogP contribution is 2.37. The van der Waals surface area contributed by atoms with E-state index in [-0.39, 0.29) is 62.9 Å². The molecule has 0 unspecified atom stereocenters. The summed E-state index contributed by atoms with van der Waals surface area (Å²) in [6.07, 6.45) is 4.36. The summed E-state index contributed by atoms with van der Waals surface area (Å²) in [6, 6.07) is 7.70. The van der Waals surface area contributed by atoms with Crippen LogP contribution in [0.1, 0.15) is 31.9 Å². The van der Waals surface area contributed by atoms with Gasteiger partial charge in [-0.2, -0.15) is 4.98 Å². The van der Waals surface area contributed by atoms with Gasteiger partial charge in [0.25, 0.3) is 0 Å². The Balaban J connectivity index is 1.64. The summed E-state index contributed by atoms with van der Waals surface area (Å²) in [5, 5.41) is -0.486. The van der Waals surface area contributed by atoms with Gasteiger partial charge < -0.3 is 9.80 Å². The molecule has 2 aliphatic rings. The van der Waals surface area contributed by atoms with E-state index in [9.17, 15) is 22.4 Å². The fourth-order valence-electron chi connectivity index (χ4n) is 5.87. The summed E-state index contributed by atoms with van der Waals surface area (Å²) >= 11 is 0. The minimum absolute atomic E-state index is 0.0264. The third-order valence-corrected chi connectivity index (χ3v) is 10.7. The Kier molecular flexibility index (Phi) is 7.52. The molecular formula is C31H30F2N6O4S. The minimum Gasteiger partial charge on any atom is -0.350 e. The van der Waals surface area contributed by atoms with Crippen molar-refractivity contribution in [1.29, 1.82) is 0 Å². The number of carbonyl (C=O) groups excluding carboxylic acids is 1. The van der Waals surface area contributed by atoms with Gasteiger partial charge in [0.05, 0.1) is 26.9 Å². The number of halogens is 2. The van der Waals surface area contributed by atoms with Crippen LogP contribution in [0.25, 0.3) is 28.0 Å². The zero-order valence-corrected chi connectivity index (χ0v) is 25.0. The second-order valence-electron chi connectivity index (χ2n) is 11.1. The van der Waals surface area contributed by atoms with Crippen LogP contribution in [-0.2, 0) is 14.6 Å². The molecule has 4 aromatic rings. The van der Waals surface area contributed by atoms with Crippen LogP contribution in [0.15, 0.2) is 64.9 Å². The highest BCUT2D eigenvalue weighted by molar-refractivity contribution is 7.92. The van der Waals surface area contributed by atoms with Gasteiger partial charge in [0.1, 0.15) is 23.1 Å². The fourth-order valence-corrected chi connectivity index (χ4v) is 7.94. The first-order valence-corrected chi connectivity index (χ1v) is 15.8. The van der Waals surface area contributed by atoms with Crippen molar-refractivity contribution in [2.24, 2.45) is 0 Å². The first-order valence-electron chi connectivity index (χ1n) is 14.3. The number of piperazine rings is 1. The number of pyridine rings is 2. The van der Waals surface area contributed by atoms with Crippen molar-refractivity contribution in [2.75, 3.05) is 24.5 Å². The van der Waals surface area contributed by atoms with Crippen LogP contribution in [0.2, 0.25) is 0 Å². The topological polar surface area (TPSA) is 118 Å². The molecule has 1 aromatic carbocycles. The molecule has 1 saturated carbocycles. The largest absolute Gasteiger partial charge is 0.355 e. The average molecular weight is 621 g/mol. The van der Waals surface area contributed by atoms with Gasteiger partial charge in [0.2, 0.25) is 5.91 Å². The summed E-state index contributed by atoms with van der Waals surface area (Å²) in [5.41, 5.74) is -1.23. The predicted octanol–water partition coefficient (Wildman–Crippen LogP) is 3.98. The zero-order chi connectivity index (χ0) is 31.3. The van der Waals surface area contributed by atoms with Crippen molar-refractivity contribution in [2.45, 2.75) is 49.3 Å². The predicted molar refractivity (Wildman–Crippen MR) is 161 cm³/mol. The van der Waals surface area contributed by atoms with Gasteiger partial charge in [-0.1, -0.05) is 25.1 Å². The molecule has 228 valence electrons. The third kappa shape index (κ3) is 4.84. The molecule has 2 fully saturated rings. The van der Waals surface area contributed by atoms with Gasteiger partial charge in [-0.05, 0) is 57.0 Å². The monoisotopic (exact) mass is 620 g/mol. The van der Waals surface area contributed by atoms with Crippen LogP contribution in [0.5, 0.6) is 0 Å². The summed E-state index contributed by atoms with van der Waals surface area (Å²) in [4.78, 5) is 42.7. The lowest BCUT2D eigenvalue weighted by Crippen LogP contribution is -2.54. The van der Waals surface area contributed by atoms with Crippen LogP contribution in [0.3, 0.4) is 0 Å². The Hall–Kier alpha value is -4.52. The Labute approximate surface area is 252 Å². The Morgan fingerprint density at radius 1 is 1.09 bits per heavy atom. The van der Waals surface area contributed by atoms with Crippen molar-refractivity contribution >= 4 is 32.6 Å². The number of fused-ring (bicyclic) bond motifs is 1. The molecule has 0 bridgehead atoms. The molecule has 1 aliphatic heterocycles. The molecule has 3 aromatic heterocycles. The standard InChI is InChI=1S/C31H30F2N6O4S/c1-4-26(40)37-14-15-38(18(2)17-37)29-22-16-24(33)27(21-10-5-6-11-23(21)32)35-30(22)39(31(41)36-29)28-19(3)34-13-12-25(28)44(42,43)20-8-7-9-20/h4-6,10-13,16,18,20H,1,7-9,14-15,17H2,2-3H3/t18-/m0/s1. The molecule has 4 heterocycles. The SMILES string of the molecule is C=CC(=O)N1CCN(c2nc(=O)n(-c3c(S(=O)(=O)C4CCC4)ccnc3C)c3nc(-c4ccccc4F)c(F)cc23)[C@@H](C)C1. The number of amides is 1. The van der Waals surface area contributed by atoms with E-state index >= 15 is 4.39 Å². The number of carbonyl (C=O) groups is 1. The molecule has 1 atom stereocenters.